The summed E-state index contributed by atoms with van der Waals surface area (Å²) in [5, 5.41) is 6.86. The van der Waals surface area contributed by atoms with Crippen LogP contribution in [0, 0.1) is 5.92 Å². The quantitative estimate of drug-likeness (QED) is 0.776. The number of sulfonamides is 1. The Bertz CT molecular complexity index is 1010. The minimum absolute atomic E-state index is 0.00571. The number of fused-ring (bicyclic) bond motifs is 2. The molecule has 4 rings (SSSR count). The van der Waals surface area contributed by atoms with E-state index in [2.05, 4.69) is 6.08 Å². The molecule has 2 aromatic carbocycles. The maximum absolute atomic E-state index is 12.6. The molecule has 2 aliphatic rings. The summed E-state index contributed by atoms with van der Waals surface area (Å²) in [6, 6.07) is 10.4. The van der Waals surface area contributed by atoms with Crippen LogP contribution in [-0.4, -0.2) is 29.5 Å². The van der Waals surface area contributed by atoms with Crippen molar-refractivity contribution >= 4 is 47.6 Å². The number of nitrogens with two attached hydrogens (primary N) is 1. The predicted octanol–water partition coefficient (Wildman–Crippen LogP) is 1.98. The third-order valence-electron chi connectivity index (χ3n) is 4.16. The zero-order chi connectivity index (χ0) is 16.9. The average molecular weight is 405 g/mol. The van der Waals surface area contributed by atoms with Crippen molar-refractivity contribution in [2.24, 2.45) is 11.1 Å². The average Bonchev–Trinajstić information content (AvgIpc) is 2.90. The molecule has 5 nitrogen and oxygen atoms in total. The Hall–Kier alpha value is -1.92. The maximum atomic E-state index is 12.6. The van der Waals surface area contributed by atoms with Crippen LogP contribution in [0.15, 0.2) is 65.6 Å². The van der Waals surface area contributed by atoms with Gasteiger partial charge in [-0.1, -0.05) is 0 Å². The van der Waals surface area contributed by atoms with E-state index in [1.807, 2.05) is 40.3 Å². The molecular weight excluding hydrogens is 391 g/mol. The third-order valence-corrected chi connectivity index (χ3v) is 7.78. The molecule has 0 radical (unpaired) electrons. The van der Waals surface area contributed by atoms with E-state index in [1.165, 1.54) is 6.07 Å². The normalized spacial score (nSPS) is 23.0. The van der Waals surface area contributed by atoms with Gasteiger partial charge < -0.3 is 0 Å². The van der Waals surface area contributed by atoms with Crippen molar-refractivity contribution in [2.45, 2.75) is 9.71 Å². The number of carbonyl (C=O) groups excluding carboxylic acids is 1. The molecule has 1 amide bonds. The molecule has 0 aromatic heterocycles. The number of rotatable bonds is 2. The Morgan fingerprint density at radius 1 is 1.00 bits per heavy atom. The monoisotopic (exact) mass is 406 g/mol. The predicted molar refractivity (Wildman–Crippen MR) is 94.1 cm³/mol. The van der Waals surface area contributed by atoms with Crippen LogP contribution in [0.2, 0.25) is 4.82 Å². The molecule has 122 valence electrons. The van der Waals surface area contributed by atoms with Crippen LogP contribution in [-0.2, 0) is 14.8 Å². The van der Waals surface area contributed by atoms with Crippen LogP contribution in [0.1, 0.15) is 0 Å². The molecule has 24 heavy (non-hydrogen) atoms. The van der Waals surface area contributed by atoms with E-state index in [-0.39, 0.29) is 36.7 Å². The number of anilines is 1. The molecular formula is C17H14N2O3SSe. The fourth-order valence-electron chi connectivity index (χ4n) is 2.92. The van der Waals surface area contributed by atoms with Crippen LogP contribution in [0.5, 0.6) is 0 Å². The Morgan fingerprint density at radius 3 is 2.50 bits per heavy atom. The van der Waals surface area contributed by atoms with Gasteiger partial charge in [-0.3, -0.25) is 0 Å². The van der Waals surface area contributed by atoms with Crippen molar-refractivity contribution in [3.05, 3.63) is 60.7 Å². The van der Waals surface area contributed by atoms with Crippen LogP contribution in [0.4, 0.5) is 5.69 Å². The second-order valence-electron chi connectivity index (χ2n) is 5.74. The molecule has 2 unspecified atom stereocenters. The van der Waals surface area contributed by atoms with Crippen molar-refractivity contribution < 1.29 is 13.2 Å². The molecule has 0 spiro atoms. The van der Waals surface area contributed by atoms with Gasteiger partial charge in [-0.2, -0.15) is 0 Å². The SMILES string of the molecule is NS(=O)(=O)c1ccc2ccc(N3[Se]C4C=CC=CC4C3=O)cc2c1. The van der Waals surface area contributed by atoms with Crippen LogP contribution >= 0.6 is 0 Å². The summed E-state index contributed by atoms with van der Waals surface area (Å²) in [4.78, 5) is 13.0. The number of nitrogens with zero attached hydrogens (tertiary/aromatic N) is 1. The molecule has 1 saturated heterocycles. The van der Waals surface area contributed by atoms with E-state index < -0.39 is 10.0 Å². The summed E-state index contributed by atoms with van der Waals surface area (Å²) in [6.07, 6.45) is 7.94. The van der Waals surface area contributed by atoms with Crippen LogP contribution in [0.25, 0.3) is 10.8 Å². The first-order valence-corrected chi connectivity index (χ1v) is 10.7. The van der Waals surface area contributed by atoms with E-state index in [9.17, 15) is 13.2 Å². The number of amides is 1. The first kappa shape index (κ1) is 15.6. The van der Waals surface area contributed by atoms with Crippen molar-refractivity contribution in [1.29, 1.82) is 0 Å². The second-order valence-corrected chi connectivity index (χ2v) is 9.65. The number of carbonyl (C=O) groups is 1. The van der Waals surface area contributed by atoms with Gasteiger partial charge in [0.25, 0.3) is 0 Å². The van der Waals surface area contributed by atoms with Crippen molar-refractivity contribution in [2.75, 3.05) is 3.92 Å². The van der Waals surface area contributed by atoms with E-state index in [0.29, 0.717) is 0 Å². The van der Waals surface area contributed by atoms with Gasteiger partial charge in [-0.15, -0.1) is 0 Å². The fourth-order valence-corrected chi connectivity index (χ4v) is 6.00. The molecule has 2 atom stereocenters. The summed E-state index contributed by atoms with van der Waals surface area (Å²) in [5.41, 5.74) is 0.801. The molecule has 0 bridgehead atoms. The summed E-state index contributed by atoms with van der Waals surface area (Å²) < 4.78 is 24.9. The van der Waals surface area contributed by atoms with Gasteiger partial charge in [0.2, 0.25) is 0 Å². The Labute approximate surface area is 146 Å². The van der Waals surface area contributed by atoms with E-state index >= 15 is 0 Å². The van der Waals surface area contributed by atoms with Crippen LogP contribution < -0.4 is 9.06 Å². The van der Waals surface area contributed by atoms with Gasteiger partial charge in [0, 0.05) is 0 Å². The standard InChI is InChI=1S/C17H14N2O3SSe/c18-23(21,22)14-8-6-11-5-7-13(9-12(11)10-14)19-17(20)15-3-1-2-4-16(15)24-19/h1-10,15-16H,(H2,18,21,22). The number of hydrogen-bond acceptors (Lipinski definition) is 3. The first-order valence-electron chi connectivity index (χ1n) is 7.36. The molecule has 1 heterocycles. The number of hydrogen-bond donors (Lipinski definition) is 1. The van der Waals surface area contributed by atoms with Gasteiger partial charge >= 0.3 is 146 Å². The molecule has 7 heteroatoms. The molecule has 1 aliphatic heterocycles. The van der Waals surface area contributed by atoms with Gasteiger partial charge in [-0.25, -0.2) is 0 Å². The van der Waals surface area contributed by atoms with E-state index in [0.717, 1.165) is 16.5 Å². The van der Waals surface area contributed by atoms with Crippen LogP contribution in [0.3, 0.4) is 0 Å². The Kier molecular flexibility index (Phi) is 3.62. The first-order chi connectivity index (χ1) is 11.4. The Balaban J connectivity index is 1.76. The van der Waals surface area contributed by atoms with Gasteiger partial charge in [-0.05, 0) is 0 Å². The molecule has 2 aromatic rings. The summed E-state index contributed by atoms with van der Waals surface area (Å²) in [7, 11) is -3.75. The fraction of sp³-hybridized carbons (Fsp3) is 0.118. The van der Waals surface area contributed by atoms with E-state index in [1.54, 1.807) is 12.1 Å². The number of benzene rings is 2. The minimum atomic E-state index is -3.75. The molecule has 2 N–H and O–H groups in total. The summed E-state index contributed by atoms with van der Waals surface area (Å²) >= 11 is -0.00571. The number of primary sulfonamides is 1. The van der Waals surface area contributed by atoms with E-state index in [4.69, 9.17) is 5.14 Å². The topological polar surface area (TPSA) is 80.5 Å². The van der Waals surface area contributed by atoms with Crippen molar-refractivity contribution in [3.8, 4) is 0 Å². The van der Waals surface area contributed by atoms with Crippen molar-refractivity contribution in [1.82, 2.24) is 0 Å². The molecule has 0 saturated carbocycles. The Morgan fingerprint density at radius 2 is 1.75 bits per heavy atom. The number of allylic oxidation sites excluding steroid dienone is 3. The third kappa shape index (κ3) is 2.59. The summed E-state index contributed by atoms with van der Waals surface area (Å²) in [5.74, 6) is 0.0176. The zero-order valence-corrected chi connectivity index (χ0v) is 15.0. The molecule has 1 fully saturated rings. The summed E-state index contributed by atoms with van der Waals surface area (Å²) in [6.45, 7) is 0. The van der Waals surface area contributed by atoms with Gasteiger partial charge in [0.05, 0.1) is 0 Å². The van der Waals surface area contributed by atoms with Gasteiger partial charge in [0.15, 0.2) is 0 Å². The second kappa shape index (κ2) is 5.57. The van der Waals surface area contributed by atoms with Gasteiger partial charge in [0.1, 0.15) is 0 Å². The zero-order valence-electron chi connectivity index (χ0n) is 12.5. The molecule has 1 aliphatic carbocycles. The van der Waals surface area contributed by atoms with Crippen molar-refractivity contribution in [3.63, 3.8) is 0 Å².